The van der Waals surface area contributed by atoms with Crippen LogP contribution in [0.3, 0.4) is 0 Å². The molecule has 2 nitrogen and oxygen atoms in total. The van der Waals surface area contributed by atoms with Crippen LogP contribution in [-0.4, -0.2) is 13.7 Å². The number of ether oxygens (including phenoxy) is 2. The molecule has 182 valence electrons. The number of halogens is 4. The monoisotopic (exact) mass is 482 g/mol. The van der Waals surface area contributed by atoms with Crippen LogP contribution in [0, 0.1) is 11.6 Å². The van der Waals surface area contributed by atoms with Gasteiger partial charge in [0, 0.05) is 16.7 Å². The van der Waals surface area contributed by atoms with Gasteiger partial charge < -0.3 is 9.47 Å². The van der Waals surface area contributed by atoms with Crippen molar-refractivity contribution in [3.63, 3.8) is 0 Å². The number of hydrogen-bond donors (Lipinski definition) is 0. The fraction of sp³-hybridized carbons (Fsp3) is 0.103. The zero-order chi connectivity index (χ0) is 26.1. The van der Waals surface area contributed by atoms with Crippen molar-refractivity contribution in [1.29, 1.82) is 0 Å². The fourth-order valence-corrected chi connectivity index (χ4v) is 2.88. The maximum absolute atomic E-state index is 14.7. The third-order valence-corrected chi connectivity index (χ3v) is 4.90. The normalized spacial score (nSPS) is 11.9. The Labute approximate surface area is 203 Å². The molecule has 0 atom stereocenters. The van der Waals surface area contributed by atoms with E-state index in [1.165, 1.54) is 43.5 Å². The van der Waals surface area contributed by atoms with Gasteiger partial charge in [0.15, 0.2) is 23.2 Å². The highest BCUT2D eigenvalue weighted by atomic mass is 19.2. The van der Waals surface area contributed by atoms with Crippen LogP contribution in [0.1, 0.15) is 12.5 Å². The predicted octanol–water partition coefficient (Wildman–Crippen LogP) is 8.58. The molecule has 2 aromatic carbocycles. The van der Waals surface area contributed by atoms with Crippen molar-refractivity contribution in [2.45, 2.75) is 6.92 Å². The predicted molar refractivity (Wildman–Crippen MR) is 134 cm³/mol. The van der Waals surface area contributed by atoms with Gasteiger partial charge in [0.25, 0.3) is 0 Å². The Kier molecular flexibility index (Phi) is 9.64. The standard InChI is InChI=1S/C29H26F4O2/c1-7-35-21(5)27(31)26(30)20(4)19(3)10-8-18(2)9-11-23-14-17-25(29(33)28(23)32)22-12-15-24(34-6)16-13-22/h8-17H,2-5,7H2,1,6H3/b10-8-,11-9+,27-26-. The van der Waals surface area contributed by atoms with Gasteiger partial charge in [-0.25, -0.2) is 13.2 Å². The largest absolute Gasteiger partial charge is 0.497 e. The maximum atomic E-state index is 14.7. The molecule has 0 spiro atoms. The third kappa shape index (κ3) is 6.96. The first-order valence-electron chi connectivity index (χ1n) is 10.5. The van der Waals surface area contributed by atoms with E-state index in [1.807, 2.05) is 0 Å². The van der Waals surface area contributed by atoms with Crippen LogP contribution in [0.4, 0.5) is 17.6 Å². The number of allylic oxidation sites excluding steroid dienone is 8. The molecular weight excluding hydrogens is 456 g/mol. The lowest BCUT2D eigenvalue weighted by atomic mass is 10.0. The van der Waals surface area contributed by atoms with Crippen LogP contribution >= 0.6 is 0 Å². The van der Waals surface area contributed by atoms with Crippen molar-refractivity contribution < 1.29 is 27.0 Å². The molecule has 0 aliphatic rings. The van der Waals surface area contributed by atoms with Gasteiger partial charge in [-0.05, 0) is 35.8 Å². The molecule has 0 aliphatic heterocycles. The molecule has 0 fully saturated rings. The molecule has 0 heterocycles. The van der Waals surface area contributed by atoms with E-state index >= 15 is 0 Å². The van der Waals surface area contributed by atoms with E-state index < -0.39 is 29.0 Å². The second kappa shape index (κ2) is 12.4. The van der Waals surface area contributed by atoms with E-state index in [0.29, 0.717) is 16.9 Å². The fourth-order valence-electron chi connectivity index (χ4n) is 2.88. The first-order chi connectivity index (χ1) is 16.6. The molecule has 0 aliphatic carbocycles. The van der Waals surface area contributed by atoms with E-state index in [1.54, 1.807) is 31.2 Å². The van der Waals surface area contributed by atoms with Gasteiger partial charge in [0.2, 0.25) is 5.83 Å². The van der Waals surface area contributed by atoms with Gasteiger partial charge in [0.1, 0.15) is 5.75 Å². The zero-order valence-corrected chi connectivity index (χ0v) is 19.6. The average molecular weight is 483 g/mol. The van der Waals surface area contributed by atoms with Crippen molar-refractivity contribution in [1.82, 2.24) is 0 Å². The Morgan fingerprint density at radius 1 is 0.857 bits per heavy atom. The SMILES string of the molecule is C=C(/C=C\C(=C)C(=C)/C(F)=C(/F)C(=C)OCC)/C=C/c1ccc(-c2ccc(OC)cc2)c(F)c1F. The van der Waals surface area contributed by atoms with Crippen LogP contribution in [0.25, 0.3) is 17.2 Å². The summed E-state index contributed by atoms with van der Waals surface area (Å²) in [6.07, 6.45) is 5.62. The van der Waals surface area contributed by atoms with Crippen molar-refractivity contribution >= 4 is 6.08 Å². The van der Waals surface area contributed by atoms with Gasteiger partial charge in [-0.3, -0.25) is 0 Å². The minimum absolute atomic E-state index is 0.0167. The second-order valence-corrected chi connectivity index (χ2v) is 7.29. The van der Waals surface area contributed by atoms with Gasteiger partial charge in [0.05, 0.1) is 13.7 Å². The summed E-state index contributed by atoms with van der Waals surface area (Å²) in [6, 6.07) is 9.51. The summed E-state index contributed by atoms with van der Waals surface area (Å²) >= 11 is 0. The Morgan fingerprint density at radius 3 is 2.11 bits per heavy atom. The maximum Gasteiger partial charge on any atom is 0.200 e. The van der Waals surface area contributed by atoms with Crippen molar-refractivity contribution in [2.75, 3.05) is 13.7 Å². The quantitative estimate of drug-likeness (QED) is 0.181. The molecule has 0 radical (unpaired) electrons. The van der Waals surface area contributed by atoms with Crippen LogP contribution in [0.2, 0.25) is 0 Å². The molecule has 2 rings (SSSR count). The summed E-state index contributed by atoms with van der Waals surface area (Å²) in [5.41, 5.74) is 0.803. The molecule has 0 amide bonds. The van der Waals surface area contributed by atoms with E-state index in [-0.39, 0.29) is 28.9 Å². The molecule has 0 saturated carbocycles. The zero-order valence-electron chi connectivity index (χ0n) is 19.6. The summed E-state index contributed by atoms with van der Waals surface area (Å²) in [6.45, 7) is 16.0. The Bertz CT molecular complexity index is 1230. The number of benzene rings is 2. The summed E-state index contributed by atoms with van der Waals surface area (Å²) < 4.78 is 67.4. The van der Waals surface area contributed by atoms with E-state index in [4.69, 9.17) is 9.47 Å². The number of rotatable bonds is 11. The molecule has 0 aromatic heterocycles. The van der Waals surface area contributed by atoms with Crippen LogP contribution in [0.15, 0.2) is 115 Å². The first-order valence-corrected chi connectivity index (χ1v) is 10.5. The Hall–Kier alpha value is -4.06. The van der Waals surface area contributed by atoms with Crippen molar-refractivity contribution in [3.8, 4) is 16.9 Å². The van der Waals surface area contributed by atoms with Crippen LogP contribution < -0.4 is 4.74 Å². The molecule has 0 N–H and O–H groups in total. The summed E-state index contributed by atoms with van der Waals surface area (Å²) in [5.74, 6) is -4.34. The van der Waals surface area contributed by atoms with Gasteiger partial charge >= 0.3 is 0 Å². The minimum Gasteiger partial charge on any atom is -0.497 e. The Morgan fingerprint density at radius 2 is 1.51 bits per heavy atom. The molecule has 0 bridgehead atoms. The van der Waals surface area contributed by atoms with Crippen LogP contribution in [-0.2, 0) is 4.74 Å². The van der Waals surface area contributed by atoms with Crippen molar-refractivity contribution in [2.24, 2.45) is 0 Å². The minimum atomic E-state index is -1.26. The highest BCUT2D eigenvalue weighted by Gasteiger charge is 2.16. The molecule has 35 heavy (non-hydrogen) atoms. The Balaban J connectivity index is 2.12. The van der Waals surface area contributed by atoms with Crippen molar-refractivity contribution in [3.05, 3.63) is 132 Å². The summed E-state index contributed by atoms with van der Waals surface area (Å²) in [4.78, 5) is 0. The highest BCUT2D eigenvalue weighted by molar-refractivity contribution is 5.68. The summed E-state index contributed by atoms with van der Waals surface area (Å²) in [5, 5.41) is 0. The smallest absolute Gasteiger partial charge is 0.200 e. The second-order valence-electron chi connectivity index (χ2n) is 7.29. The lowest BCUT2D eigenvalue weighted by Gasteiger charge is -2.08. The molecule has 2 aromatic rings. The van der Waals surface area contributed by atoms with E-state index in [9.17, 15) is 17.6 Å². The van der Waals surface area contributed by atoms with Crippen LogP contribution in [0.5, 0.6) is 5.75 Å². The lowest BCUT2D eigenvalue weighted by molar-refractivity contribution is 0.224. The third-order valence-electron chi connectivity index (χ3n) is 4.90. The average Bonchev–Trinajstić information content (AvgIpc) is 2.86. The molecule has 6 heteroatoms. The summed E-state index contributed by atoms with van der Waals surface area (Å²) in [7, 11) is 1.52. The number of methoxy groups -OCH3 is 1. The highest BCUT2D eigenvalue weighted by Crippen LogP contribution is 2.29. The van der Waals surface area contributed by atoms with E-state index in [2.05, 4.69) is 26.3 Å². The molecule has 0 unspecified atom stereocenters. The van der Waals surface area contributed by atoms with Gasteiger partial charge in [-0.15, -0.1) is 0 Å². The van der Waals surface area contributed by atoms with E-state index in [0.717, 1.165) is 0 Å². The number of hydrogen-bond acceptors (Lipinski definition) is 2. The first kappa shape index (κ1) is 27.2. The topological polar surface area (TPSA) is 18.5 Å². The molecular formula is C29H26F4O2. The lowest BCUT2D eigenvalue weighted by Crippen LogP contribution is -1.95. The molecule has 0 saturated heterocycles. The van der Waals surface area contributed by atoms with Gasteiger partial charge in [-0.1, -0.05) is 74.9 Å². The van der Waals surface area contributed by atoms with Gasteiger partial charge in [-0.2, -0.15) is 4.39 Å².